The Morgan fingerprint density at radius 1 is 1.19 bits per heavy atom. The number of aliphatic imine (C=N–C) groups is 1. The maximum atomic E-state index is 6.20. The normalized spacial score (nSPS) is 22.1. The third kappa shape index (κ3) is 2.69. The van der Waals surface area contributed by atoms with Gasteiger partial charge in [0.1, 0.15) is 0 Å². The second kappa shape index (κ2) is 5.61. The number of halogens is 1. The topological polar surface area (TPSA) is 44.9 Å². The van der Waals surface area contributed by atoms with Gasteiger partial charge in [0.05, 0.1) is 12.1 Å². The standard InChI is InChI=1S/C16H23BrN4/c1-12(2)20-9-7-16(8-10-20)11-19-15(18)21(16)14-5-3-13(17)4-6-14/h3-6,12H,7-11H2,1-2H3,(H2,18,19). The lowest BCUT2D eigenvalue weighted by Gasteiger charge is -2.46. The van der Waals surface area contributed by atoms with Gasteiger partial charge >= 0.3 is 0 Å². The molecule has 114 valence electrons. The van der Waals surface area contributed by atoms with Crippen LogP contribution in [0.2, 0.25) is 0 Å². The van der Waals surface area contributed by atoms with Crippen LogP contribution in [-0.2, 0) is 0 Å². The molecule has 1 fully saturated rings. The average Bonchev–Trinajstić information content (AvgIpc) is 2.78. The number of piperidine rings is 1. The summed E-state index contributed by atoms with van der Waals surface area (Å²) in [5, 5.41) is 0. The number of nitrogens with two attached hydrogens (primary N) is 1. The molecule has 0 atom stereocenters. The second-order valence-electron chi connectivity index (χ2n) is 6.34. The third-order valence-corrected chi connectivity index (χ3v) is 5.31. The van der Waals surface area contributed by atoms with E-state index in [9.17, 15) is 0 Å². The van der Waals surface area contributed by atoms with E-state index in [0.717, 1.165) is 42.6 Å². The van der Waals surface area contributed by atoms with Gasteiger partial charge in [0.25, 0.3) is 0 Å². The Labute approximate surface area is 135 Å². The Morgan fingerprint density at radius 2 is 1.81 bits per heavy atom. The number of anilines is 1. The highest BCUT2D eigenvalue weighted by Gasteiger charge is 2.45. The van der Waals surface area contributed by atoms with Gasteiger partial charge in [0.2, 0.25) is 0 Å². The summed E-state index contributed by atoms with van der Waals surface area (Å²) in [5.74, 6) is 0.662. The summed E-state index contributed by atoms with van der Waals surface area (Å²) in [7, 11) is 0. The Hall–Kier alpha value is -1.07. The molecule has 2 aliphatic rings. The van der Waals surface area contributed by atoms with Crippen molar-refractivity contribution in [2.24, 2.45) is 10.7 Å². The predicted octanol–water partition coefficient (Wildman–Crippen LogP) is 2.83. The zero-order chi connectivity index (χ0) is 15.0. The van der Waals surface area contributed by atoms with E-state index >= 15 is 0 Å². The zero-order valence-corrected chi connectivity index (χ0v) is 14.3. The lowest BCUT2D eigenvalue weighted by Crippen LogP contribution is -2.58. The van der Waals surface area contributed by atoms with E-state index in [1.165, 1.54) is 0 Å². The van der Waals surface area contributed by atoms with Gasteiger partial charge < -0.3 is 15.5 Å². The van der Waals surface area contributed by atoms with E-state index in [-0.39, 0.29) is 5.54 Å². The minimum absolute atomic E-state index is 0.0727. The fourth-order valence-electron chi connectivity index (χ4n) is 3.45. The highest BCUT2D eigenvalue weighted by Crippen LogP contribution is 2.37. The number of hydrogen-bond donors (Lipinski definition) is 1. The van der Waals surface area contributed by atoms with Crippen molar-refractivity contribution >= 4 is 27.6 Å². The fourth-order valence-corrected chi connectivity index (χ4v) is 3.71. The minimum atomic E-state index is 0.0727. The maximum absolute atomic E-state index is 6.20. The van der Waals surface area contributed by atoms with E-state index in [2.05, 4.69) is 68.8 Å². The first-order chi connectivity index (χ1) is 10.0. The molecule has 3 rings (SSSR count). The maximum Gasteiger partial charge on any atom is 0.196 e. The lowest BCUT2D eigenvalue weighted by molar-refractivity contribution is 0.139. The molecule has 0 aliphatic carbocycles. The van der Waals surface area contributed by atoms with Gasteiger partial charge in [-0.15, -0.1) is 0 Å². The Bertz CT molecular complexity index is 530. The molecule has 4 nitrogen and oxygen atoms in total. The number of nitrogens with zero attached hydrogens (tertiary/aromatic N) is 3. The largest absolute Gasteiger partial charge is 0.369 e. The molecule has 1 saturated heterocycles. The molecular weight excluding hydrogens is 328 g/mol. The van der Waals surface area contributed by atoms with Crippen LogP contribution in [0.1, 0.15) is 26.7 Å². The van der Waals surface area contributed by atoms with Crippen molar-refractivity contribution in [2.75, 3.05) is 24.5 Å². The first kappa shape index (κ1) is 14.9. The summed E-state index contributed by atoms with van der Waals surface area (Å²) in [4.78, 5) is 9.36. The first-order valence-electron chi connectivity index (χ1n) is 7.62. The highest BCUT2D eigenvalue weighted by molar-refractivity contribution is 9.10. The predicted molar refractivity (Wildman–Crippen MR) is 91.8 cm³/mol. The number of guanidine groups is 1. The summed E-state index contributed by atoms with van der Waals surface area (Å²) >= 11 is 3.49. The molecule has 5 heteroatoms. The molecular formula is C16H23BrN4. The molecule has 0 amide bonds. The van der Waals surface area contributed by atoms with Crippen LogP contribution in [0.25, 0.3) is 0 Å². The van der Waals surface area contributed by atoms with Gasteiger partial charge in [-0.3, -0.25) is 4.99 Å². The average molecular weight is 351 g/mol. The monoisotopic (exact) mass is 350 g/mol. The smallest absolute Gasteiger partial charge is 0.196 e. The molecule has 2 heterocycles. The summed E-state index contributed by atoms with van der Waals surface area (Å²) in [6.45, 7) is 7.59. The molecule has 0 bridgehead atoms. The van der Waals surface area contributed by atoms with Crippen LogP contribution < -0.4 is 10.6 Å². The van der Waals surface area contributed by atoms with Crippen molar-refractivity contribution in [2.45, 2.75) is 38.3 Å². The van der Waals surface area contributed by atoms with Crippen molar-refractivity contribution in [3.05, 3.63) is 28.7 Å². The summed E-state index contributed by atoms with van der Waals surface area (Å²) in [6, 6.07) is 8.99. The van der Waals surface area contributed by atoms with Gasteiger partial charge in [-0.2, -0.15) is 0 Å². The van der Waals surface area contributed by atoms with Crippen LogP contribution in [0.3, 0.4) is 0 Å². The molecule has 2 N–H and O–H groups in total. The van der Waals surface area contributed by atoms with E-state index in [0.29, 0.717) is 12.0 Å². The van der Waals surface area contributed by atoms with Crippen LogP contribution in [-0.4, -0.2) is 42.1 Å². The minimum Gasteiger partial charge on any atom is -0.369 e. The summed E-state index contributed by atoms with van der Waals surface area (Å²) in [5.41, 5.74) is 7.42. The third-order valence-electron chi connectivity index (χ3n) is 4.78. The molecule has 0 radical (unpaired) electrons. The zero-order valence-electron chi connectivity index (χ0n) is 12.7. The molecule has 0 saturated carbocycles. The molecule has 0 unspecified atom stereocenters. The van der Waals surface area contributed by atoms with Crippen LogP contribution in [0.4, 0.5) is 5.69 Å². The Kier molecular flexibility index (Phi) is 3.97. The molecule has 1 aromatic rings. The van der Waals surface area contributed by atoms with Crippen molar-refractivity contribution in [3.8, 4) is 0 Å². The van der Waals surface area contributed by atoms with E-state index in [1.807, 2.05) is 0 Å². The summed E-state index contributed by atoms with van der Waals surface area (Å²) in [6.07, 6.45) is 2.23. The van der Waals surface area contributed by atoms with Crippen molar-refractivity contribution in [1.29, 1.82) is 0 Å². The lowest BCUT2D eigenvalue weighted by atomic mass is 9.85. The van der Waals surface area contributed by atoms with E-state index in [1.54, 1.807) is 0 Å². The SMILES string of the molecule is CC(C)N1CCC2(CC1)CN=C(N)N2c1ccc(Br)cc1. The molecule has 1 aromatic carbocycles. The highest BCUT2D eigenvalue weighted by atomic mass is 79.9. The van der Waals surface area contributed by atoms with Crippen LogP contribution >= 0.6 is 15.9 Å². The van der Waals surface area contributed by atoms with Gasteiger partial charge in [0.15, 0.2) is 5.96 Å². The Balaban J connectivity index is 1.84. The van der Waals surface area contributed by atoms with Crippen molar-refractivity contribution in [3.63, 3.8) is 0 Å². The molecule has 1 spiro atoms. The molecule has 2 aliphatic heterocycles. The van der Waals surface area contributed by atoms with E-state index in [4.69, 9.17) is 5.73 Å². The quantitative estimate of drug-likeness (QED) is 0.891. The van der Waals surface area contributed by atoms with E-state index < -0.39 is 0 Å². The number of rotatable bonds is 2. The first-order valence-corrected chi connectivity index (χ1v) is 8.41. The van der Waals surface area contributed by atoms with Crippen LogP contribution in [0.15, 0.2) is 33.7 Å². The molecule has 21 heavy (non-hydrogen) atoms. The van der Waals surface area contributed by atoms with Gasteiger partial charge in [-0.05, 0) is 51.0 Å². The number of hydrogen-bond acceptors (Lipinski definition) is 4. The fraction of sp³-hybridized carbons (Fsp3) is 0.562. The summed E-state index contributed by atoms with van der Waals surface area (Å²) < 4.78 is 1.09. The number of likely N-dealkylation sites (tertiary alicyclic amines) is 1. The van der Waals surface area contributed by atoms with Crippen molar-refractivity contribution < 1.29 is 0 Å². The molecule has 0 aromatic heterocycles. The number of benzene rings is 1. The Morgan fingerprint density at radius 3 is 2.38 bits per heavy atom. The van der Waals surface area contributed by atoms with Gasteiger partial charge in [-0.1, -0.05) is 15.9 Å². The second-order valence-corrected chi connectivity index (χ2v) is 7.26. The van der Waals surface area contributed by atoms with Gasteiger partial charge in [0, 0.05) is 29.3 Å². The van der Waals surface area contributed by atoms with Crippen LogP contribution in [0.5, 0.6) is 0 Å². The van der Waals surface area contributed by atoms with Gasteiger partial charge in [-0.25, -0.2) is 0 Å². The van der Waals surface area contributed by atoms with Crippen LogP contribution in [0, 0.1) is 0 Å². The van der Waals surface area contributed by atoms with Crippen molar-refractivity contribution in [1.82, 2.24) is 4.90 Å².